The van der Waals surface area contributed by atoms with E-state index in [1.807, 2.05) is 18.2 Å². The molecule has 2 fully saturated rings. The molecule has 0 aliphatic carbocycles. The van der Waals surface area contributed by atoms with Gasteiger partial charge in [-0.05, 0) is 56.8 Å². The first-order chi connectivity index (χ1) is 13.2. The highest BCUT2D eigenvalue weighted by atomic mass is 35.5. The highest BCUT2D eigenvalue weighted by Gasteiger charge is 2.24. The van der Waals surface area contributed by atoms with E-state index in [-0.39, 0.29) is 30.0 Å². The molecule has 2 aliphatic heterocycles. The number of amides is 1. The van der Waals surface area contributed by atoms with Crippen LogP contribution < -0.4 is 16.3 Å². The molecule has 0 saturated carbocycles. The van der Waals surface area contributed by atoms with Crippen molar-refractivity contribution in [3.05, 3.63) is 34.9 Å². The van der Waals surface area contributed by atoms with E-state index in [1.54, 1.807) is 15.3 Å². The molecule has 154 valence electrons. The van der Waals surface area contributed by atoms with Gasteiger partial charge in [-0.1, -0.05) is 6.07 Å². The van der Waals surface area contributed by atoms with Crippen molar-refractivity contribution in [2.24, 2.45) is 5.92 Å². The number of piperidine rings is 1. The fraction of sp³-hybridized carbons (Fsp3) is 0.632. The predicted octanol–water partition coefficient (Wildman–Crippen LogP) is 0.498. The molecule has 2 atom stereocenters. The molecule has 9 heteroatoms. The molecule has 0 bridgehead atoms. The number of carbonyl (C=O) groups is 1. The fourth-order valence-corrected chi connectivity index (χ4v) is 4.15. The molecule has 8 nitrogen and oxygen atoms in total. The Balaban J connectivity index is 0.00000225. The monoisotopic (exact) mass is 408 g/mol. The van der Waals surface area contributed by atoms with Crippen LogP contribution >= 0.6 is 12.4 Å². The van der Waals surface area contributed by atoms with E-state index in [4.69, 9.17) is 0 Å². The van der Waals surface area contributed by atoms with E-state index in [0.717, 1.165) is 58.4 Å². The van der Waals surface area contributed by atoms with E-state index in [1.165, 1.54) is 0 Å². The number of pyridine rings is 1. The lowest BCUT2D eigenvalue weighted by atomic mass is 9.98. The van der Waals surface area contributed by atoms with Crippen molar-refractivity contribution in [1.82, 2.24) is 29.7 Å². The van der Waals surface area contributed by atoms with Crippen LogP contribution in [0.2, 0.25) is 0 Å². The second-order valence-electron chi connectivity index (χ2n) is 7.64. The van der Waals surface area contributed by atoms with Crippen molar-refractivity contribution in [1.29, 1.82) is 0 Å². The summed E-state index contributed by atoms with van der Waals surface area (Å²) in [6.07, 6.45) is 6.04. The van der Waals surface area contributed by atoms with Gasteiger partial charge in [0.2, 0.25) is 5.91 Å². The SMILES string of the molecule is Cl.O=C(NCC1CCCN(CCn2nc3ccccn3c2=O)C1)C1CCCN1. The van der Waals surface area contributed by atoms with Gasteiger partial charge in [0.25, 0.3) is 0 Å². The Kier molecular flexibility index (Phi) is 7.09. The third-order valence-electron chi connectivity index (χ3n) is 5.66. The molecule has 1 amide bonds. The molecule has 2 saturated heterocycles. The van der Waals surface area contributed by atoms with Crippen molar-refractivity contribution in [3.63, 3.8) is 0 Å². The summed E-state index contributed by atoms with van der Waals surface area (Å²) >= 11 is 0. The molecule has 2 unspecified atom stereocenters. The van der Waals surface area contributed by atoms with Crippen LogP contribution in [0.5, 0.6) is 0 Å². The van der Waals surface area contributed by atoms with Gasteiger partial charge in [0, 0.05) is 25.8 Å². The molecule has 0 radical (unpaired) electrons. The Morgan fingerprint density at radius 1 is 1.25 bits per heavy atom. The van der Waals surface area contributed by atoms with Crippen molar-refractivity contribution in [2.45, 2.75) is 38.3 Å². The molecule has 4 rings (SSSR count). The maximum absolute atomic E-state index is 12.4. The lowest BCUT2D eigenvalue weighted by molar-refractivity contribution is -0.123. The topological polar surface area (TPSA) is 83.7 Å². The Morgan fingerprint density at radius 2 is 2.14 bits per heavy atom. The molecule has 2 aromatic rings. The van der Waals surface area contributed by atoms with Gasteiger partial charge < -0.3 is 15.5 Å². The minimum absolute atomic E-state index is 0. The number of nitrogens with one attached hydrogen (secondary N) is 2. The number of hydrogen-bond donors (Lipinski definition) is 2. The number of nitrogens with zero attached hydrogens (tertiary/aromatic N) is 4. The molecular weight excluding hydrogens is 380 g/mol. The summed E-state index contributed by atoms with van der Waals surface area (Å²) in [5, 5.41) is 10.8. The Hall–Kier alpha value is -1.90. The maximum Gasteiger partial charge on any atom is 0.350 e. The first kappa shape index (κ1) is 20.8. The zero-order valence-corrected chi connectivity index (χ0v) is 16.9. The Bertz CT molecular complexity index is 844. The number of rotatable bonds is 6. The minimum Gasteiger partial charge on any atom is -0.354 e. The number of hydrogen-bond acceptors (Lipinski definition) is 5. The van der Waals surface area contributed by atoms with Crippen LogP contribution in [0.25, 0.3) is 5.65 Å². The number of fused-ring (bicyclic) bond motifs is 1. The van der Waals surface area contributed by atoms with Gasteiger partial charge in [0.05, 0.1) is 12.6 Å². The van der Waals surface area contributed by atoms with Crippen LogP contribution in [0, 0.1) is 5.92 Å². The lowest BCUT2D eigenvalue weighted by Crippen LogP contribution is -2.46. The number of likely N-dealkylation sites (tertiary alicyclic amines) is 1. The van der Waals surface area contributed by atoms with Crippen molar-refractivity contribution < 1.29 is 4.79 Å². The van der Waals surface area contributed by atoms with E-state index < -0.39 is 0 Å². The standard InChI is InChI=1S/C19H28N6O2.ClH/c26-18(16-6-3-8-20-16)21-13-15-5-4-9-23(14-15)11-12-25-19(27)24-10-2-1-7-17(24)22-25;/h1-2,7,10,15-16,20H,3-6,8-9,11-14H2,(H,21,26);1H. The molecule has 0 aromatic carbocycles. The summed E-state index contributed by atoms with van der Waals surface area (Å²) in [7, 11) is 0. The van der Waals surface area contributed by atoms with Crippen LogP contribution in [-0.2, 0) is 11.3 Å². The average molecular weight is 409 g/mol. The van der Waals surface area contributed by atoms with Gasteiger partial charge in [-0.2, -0.15) is 0 Å². The fourth-order valence-electron chi connectivity index (χ4n) is 4.15. The number of halogens is 1. The van der Waals surface area contributed by atoms with Crippen LogP contribution in [0.15, 0.2) is 29.2 Å². The molecular formula is C19H29ClN6O2. The summed E-state index contributed by atoms with van der Waals surface area (Å²) in [6.45, 7) is 5.07. The quantitative estimate of drug-likeness (QED) is 0.727. The van der Waals surface area contributed by atoms with Crippen molar-refractivity contribution in [2.75, 3.05) is 32.7 Å². The van der Waals surface area contributed by atoms with E-state index in [2.05, 4.69) is 20.6 Å². The molecule has 4 heterocycles. The molecule has 0 spiro atoms. The largest absolute Gasteiger partial charge is 0.354 e. The van der Waals surface area contributed by atoms with E-state index >= 15 is 0 Å². The third-order valence-corrected chi connectivity index (χ3v) is 5.66. The third kappa shape index (κ3) is 4.74. The minimum atomic E-state index is -0.0875. The molecule has 2 aliphatic rings. The molecule has 2 N–H and O–H groups in total. The lowest BCUT2D eigenvalue weighted by Gasteiger charge is -2.32. The van der Waals surface area contributed by atoms with Crippen LogP contribution in [-0.4, -0.2) is 63.8 Å². The first-order valence-corrected chi connectivity index (χ1v) is 9.98. The van der Waals surface area contributed by atoms with Crippen LogP contribution in [0.3, 0.4) is 0 Å². The van der Waals surface area contributed by atoms with Gasteiger partial charge in [-0.15, -0.1) is 17.5 Å². The normalized spacial score (nSPS) is 22.9. The molecule has 28 heavy (non-hydrogen) atoms. The summed E-state index contributed by atoms with van der Waals surface area (Å²) in [4.78, 5) is 26.9. The van der Waals surface area contributed by atoms with E-state index in [9.17, 15) is 9.59 Å². The zero-order chi connectivity index (χ0) is 18.6. The summed E-state index contributed by atoms with van der Waals surface area (Å²) in [5.74, 6) is 0.614. The van der Waals surface area contributed by atoms with Crippen LogP contribution in [0.1, 0.15) is 25.7 Å². The maximum atomic E-state index is 12.4. The van der Waals surface area contributed by atoms with Crippen LogP contribution in [0.4, 0.5) is 0 Å². The van der Waals surface area contributed by atoms with Crippen molar-refractivity contribution >= 4 is 24.0 Å². The Morgan fingerprint density at radius 3 is 2.93 bits per heavy atom. The number of carbonyl (C=O) groups excluding carboxylic acids is 1. The zero-order valence-electron chi connectivity index (χ0n) is 16.0. The van der Waals surface area contributed by atoms with Gasteiger partial charge in [0.1, 0.15) is 0 Å². The summed E-state index contributed by atoms with van der Waals surface area (Å²) in [5.41, 5.74) is 0.595. The van der Waals surface area contributed by atoms with E-state index in [0.29, 0.717) is 18.1 Å². The predicted molar refractivity (Wildman–Crippen MR) is 110 cm³/mol. The molecule has 2 aromatic heterocycles. The van der Waals surface area contributed by atoms with Crippen molar-refractivity contribution in [3.8, 4) is 0 Å². The second kappa shape index (κ2) is 9.54. The highest BCUT2D eigenvalue weighted by Crippen LogP contribution is 2.16. The van der Waals surface area contributed by atoms with Gasteiger partial charge in [0.15, 0.2) is 5.65 Å². The Labute approximate surface area is 170 Å². The van der Waals surface area contributed by atoms with Gasteiger partial charge in [-0.3, -0.25) is 9.20 Å². The van der Waals surface area contributed by atoms with Gasteiger partial charge >= 0.3 is 5.69 Å². The second-order valence-corrected chi connectivity index (χ2v) is 7.64. The summed E-state index contributed by atoms with van der Waals surface area (Å²) < 4.78 is 3.12. The first-order valence-electron chi connectivity index (χ1n) is 9.98. The average Bonchev–Trinajstić information content (AvgIpc) is 3.34. The number of aromatic nitrogens is 3. The van der Waals surface area contributed by atoms with Gasteiger partial charge in [-0.25, -0.2) is 9.48 Å². The summed E-state index contributed by atoms with van der Waals surface area (Å²) in [6, 6.07) is 5.56. The smallest absolute Gasteiger partial charge is 0.350 e. The highest BCUT2D eigenvalue weighted by molar-refractivity contribution is 5.85.